The van der Waals surface area contributed by atoms with Crippen LogP contribution in [0.4, 0.5) is 0 Å². The summed E-state index contributed by atoms with van der Waals surface area (Å²) in [4.78, 5) is 12.0. The topological polar surface area (TPSA) is 61.1 Å². The van der Waals surface area contributed by atoms with Crippen molar-refractivity contribution in [2.45, 2.75) is 58.8 Å². The third-order valence-electron chi connectivity index (χ3n) is 8.87. The normalized spacial score (nSPS) is 47.5. The molecule has 0 aromatic rings. The van der Waals surface area contributed by atoms with Crippen molar-refractivity contribution in [2.24, 2.45) is 40.4 Å². The Morgan fingerprint density at radius 3 is 2.81 bits per heavy atom. The molecule has 0 unspecified atom stereocenters. The molecule has 3 heteroatoms. The van der Waals surface area contributed by atoms with Gasteiger partial charge in [-0.05, 0) is 73.7 Å². The summed E-state index contributed by atoms with van der Waals surface area (Å²) in [7, 11) is 0. The molecule has 0 radical (unpaired) electrons. The number of rotatable bonds is 2. The minimum atomic E-state index is -0.393. The van der Waals surface area contributed by atoms with Crippen LogP contribution in [0.25, 0.3) is 0 Å². The second-order valence-corrected chi connectivity index (χ2v) is 9.44. The highest BCUT2D eigenvalue weighted by molar-refractivity contribution is 5.91. The number of aliphatic hydroxyl groups excluding tert-OH is 1. The van der Waals surface area contributed by atoms with E-state index in [0.717, 1.165) is 44.1 Å². The fourth-order valence-electron chi connectivity index (χ4n) is 7.52. The van der Waals surface area contributed by atoms with E-state index in [1.807, 2.05) is 6.08 Å². The molecule has 26 heavy (non-hydrogen) atoms. The summed E-state index contributed by atoms with van der Waals surface area (Å²) < 4.78 is 0. The Hall–Kier alpha value is -1.40. The number of nitrogens with zero attached hydrogens (tertiary/aromatic N) is 1. The quantitative estimate of drug-likeness (QED) is 0.747. The van der Waals surface area contributed by atoms with Crippen LogP contribution >= 0.6 is 0 Å². The molecule has 0 aromatic carbocycles. The first-order chi connectivity index (χ1) is 12.4. The average Bonchev–Trinajstić information content (AvgIpc) is 2.87. The Morgan fingerprint density at radius 2 is 2.15 bits per heavy atom. The maximum atomic E-state index is 12.0. The molecular weight excluding hydrogens is 322 g/mol. The SMILES string of the molecule is C=C1C[C@H]2[C@@H]3C[C@H](CO)C4=CC(=O)CC[C@@H]4[C@H]3CC[C@]2(C)[C@]1(C#N)CC. The molecule has 0 spiro atoms. The molecule has 3 saturated carbocycles. The molecule has 3 fully saturated rings. The van der Waals surface area contributed by atoms with Crippen molar-refractivity contribution in [3.63, 3.8) is 0 Å². The molecule has 4 aliphatic rings. The molecule has 0 aliphatic heterocycles. The number of hydrogen-bond acceptors (Lipinski definition) is 3. The fraction of sp³-hybridized carbons (Fsp3) is 0.739. The summed E-state index contributed by atoms with van der Waals surface area (Å²) in [6, 6.07) is 2.69. The number of carbonyl (C=O) groups is 1. The largest absolute Gasteiger partial charge is 0.396 e. The van der Waals surface area contributed by atoms with Gasteiger partial charge >= 0.3 is 0 Å². The van der Waals surface area contributed by atoms with Gasteiger partial charge < -0.3 is 5.11 Å². The van der Waals surface area contributed by atoms with Gasteiger partial charge in [0.05, 0.1) is 11.5 Å². The predicted molar refractivity (Wildman–Crippen MR) is 101 cm³/mol. The number of ketones is 1. The van der Waals surface area contributed by atoms with Crippen LogP contribution in [0.15, 0.2) is 23.8 Å². The van der Waals surface area contributed by atoms with Crippen molar-refractivity contribution >= 4 is 5.78 Å². The fourth-order valence-corrected chi connectivity index (χ4v) is 7.52. The number of fused-ring (bicyclic) bond motifs is 5. The van der Waals surface area contributed by atoms with Gasteiger partial charge in [-0.2, -0.15) is 5.26 Å². The summed E-state index contributed by atoms with van der Waals surface area (Å²) in [5.41, 5.74) is 1.97. The monoisotopic (exact) mass is 353 g/mol. The Labute approximate surface area is 157 Å². The number of allylic oxidation sites excluding steroid dienone is 1. The summed E-state index contributed by atoms with van der Waals surface area (Å²) in [6.45, 7) is 8.97. The van der Waals surface area contributed by atoms with Crippen molar-refractivity contribution in [2.75, 3.05) is 6.61 Å². The van der Waals surface area contributed by atoms with Crippen molar-refractivity contribution in [1.82, 2.24) is 0 Å². The molecule has 4 rings (SSSR count). The van der Waals surface area contributed by atoms with E-state index in [4.69, 9.17) is 0 Å². The molecular formula is C23H31NO2. The van der Waals surface area contributed by atoms with Crippen molar-refractivity contribution in [3.8, 4) is 6.07 Å². The molecule has 1 N–H and O–H groups in total. The van der Waals surface area contributed by atoms with E-state index in [9.17, 15) is 15.2 Å². The third-order valence-corrected chi connectivity index (χ3v) is 8.87. The van der Waals surface area contributed by atoms with Crippen LogP contribution in [0, 0.1) is 51.8 Å². The van der Waals surface area contributed by atoms with Crippen LogP contribution in [0.3, 0.4) is 0 Å². The molecule has 4 aliphatic carbocycles. The molecule has 3 nitrogen and oxygen atoms in total. The summed E-state index contributed by atoms with van der Waals surface area (Å²) in [5.74, 6) is 2.45. The second kappa shape index (κ2) is 6.06. The first-order valence-corrected chi connectivity index (χ1v) is 10.4. The van der Waals surface area contributed by atoms with E-state index in [1.54, 1.807) is 0 Å². The van der Waals surface area contributed by atoms with Gasteiger partial charge in [0.25, 0.3) is 0 Å². The smallest absolute Gasteiger partial charge is 0.155 e. The molecule has 0 saturated heterocycles. The van der Waals surface area contributed by atoms with Gasteiger partial charge in [-0.3, -0.25) is 4.79 Å². The first kappa shape index (κ1) is 18.0. The van der Waals surface area contributed by atoms with Crippen LogP contribution in [0.1, 0.15) is 58.8 Å². The molecule has 0 amide bonds. The highest BCUT2D eigenvalue weighted by atomic mass is 16.3. The standard InChI is InChI=1S/C23H31NO2/c1-4-23(13-24)14(2)9-21-20-10-15(12-25)19-11-16(26)5-6-17(19)18(20)7-8-22(21,23)3/h11,15,17-18,20-21,25H,2,4-10,12H2,1,3H3/t15-,17-,18-,20-,21+,22+,23+/m1/s1. The average molecular weight is 354 g/mol. The van der Waals surface area contributed by atoms with Gasteiger partial charge in [0.15, 0.2) is 5.78 Å². The van der Waals surface area contributed by atoms with Crippen LogP contribution in [-0.4, -0.2) is 17.5 Å². The number of aliphatic hydroxyl groups is 1. The molecule has 7 atom stereocenters. The summed E-state index contributed by atoms with van der Waals surface area (Å²) in [5, 5.41) is 20.1. The maximum Gasteiger partial charge on any atom is 0.155 e. The minimum absolute atomic E-state index is 0.000456. The first-order valence-electron chi connectivity index (χ1n) is 10.4. The van der Waals surface area contributed by atoms with Gasteiger partial charge in [-0.15, -0.1) is 0 Å². The Morgan fingerprint density at radius 1 is 1.38 bits per heavy atom. The third kappa shape index (κ3) is 2.12. The van der Waals surface area contributed by atoms with Gasteiger partial charge in [-0.25, -0.2) is 0 Å². The van der Waals surface area contributed by atoms with Gasteiger partial charge in [0.1, 0.15) is 0 Å². The summed E-state index contributed by atoms with van der Waals surface area (Å²) >= 11 is 0. The minimum Gasteiger partial charge on any atom is -0.396 e. The highest BCUT2D eigenvalue weighted by Crippen LogP contribution is 2.70. The Kier molecular flexibility index (Phi) is 4.19. The molecule has 0 heterocycles. The summed E-state index contributed by atoms with van der Waals surface area (Å²) in [6.07, 6.45) is 8.46. The van der Waals surface area contributed by atoms with Crippen molar-refractivity contribution < 1.29 is 9.90 Å². The second-order valence-electron chi connectivity index (χ2n) is 9.44. The van der Waals surface area contributed by atoms with Crippen LogP contribution < -0.4 is 0 Å². The lowest BCUT2D eigenvalue weighted by Gasteiger charge is -2.56. The molecule has 0 aromatic heterocycles. The van der Waals surface area contributed by atoms with Crippen LogP contribution in [-0.2, 0) is 4.79 Å². The highest BCUT2D eigenvalue weighted by Gasteiger charge is 2.64. The van der Waals surface area contributed by atoms with E-state index in [1.165, 1.54) is 5.57 Å². The van der Waals surface area contributed by atoms with Crippen LogP contribution in [0.5, 0.6) is 0 Å². The zero-order valence-corrected chi connectivity index (χ0v) is 16.1. The zero-order chi connectivity index (χ0) is 18.7. The van der Waals surface area contributed by atoms with Crippen LogP contribution in [0.2, 0.25) is 0 Å². The van der Waals surface area contributed by atoms with Gasteiger partial charge in [0, 0.05) is 18.9 Å². The Balaban J connectivity index is 1.74. The molecule has 140 valence electrons. The lowest BCUT2D eigenvalue weighted by molar-refractivity contribution is -0.116. The number of nitriles is 1. The van der Waals surface area contributed by atoms with Gasteiger partial charge in [0.2, 0.25) is 0 Å². The van der Waals surface area contributed by atoms with E-state index in [2.05, 4.69) is 26.5 Å². The van der Waals surface area contributed by atoms with E-state index in [0.29, 0.717) is 30.1 Å². The van der Waals surface area contributed by atoms with Gasteiger partial charge in [-0.1, -0.05) is 31.6 Å². The lowest BCUT2D eigenvalue weighted by Crippen LogP contribution is -2.51. The maximum absolute atomic E-state index is 12.0. The van der Waals surface area contributed by atoms with E-state index < -0.39 is 5.41 Å². The van der Waals surface area contributed by atoms with Crippen molar-refractivity contribution in [3.05, 3.63) is 23.8 Å². The molecule has 0 bridgehead atoms. The number of hydrogen-bond donors (Lipinski definition) is 1. The Bertz CT molecular complexity index is 716. The number of carbonyl (C=O) groups excluding carboxylic acids is 1. The lowest BCUT2D eigenvalue weighted by atomic mass is 9.47. The zero-order valence-electron chi connectivity index (χ0n) is 16.1. The van der Waals surface area contributed by atoms with Crippen molar-refractivity contribution in [1.29, 1.82) is 5.26 Å². The predicted octanol–water partition coefficient (Wildman–Crippen LogP) is 4.43. The van der Waals surface area contributed by atoms with E-state index in [-0.39, 0.29) is 23.7 Å². The van der Waals surface area contributed by atoms with E-state index >= 15 is 0 Å².